The number of hydrogen-bond acceptors (Lipinski definition) is 2. The van der Waals surface area contributed by atoms with E-state index in [1.54, 1.807) is 0 Å². The predicted molar refractivity (Wildman–Crippen MR) is 76.4 cm³/mol. The van der Waals surface area contributed by atoms with Crippen molar-refractivity contribution < 1.29 is 13.7 Å². The molecule has 0 spiro atoms. The molecule has 6 heteroatoms. The van der Waals surface area contributed by atoms with Gasteiger partial charge >= 0.3 is 0 Å². The first-order chi connectivity index (χ1) is 9.05. The molecule has 0 aliphatic rings. The van der Waals surface area contributed by atoms with Crippen LogP contribution in [0.2, 0.25) is 0 Å². The van der Waals surface area contributed by atoms with E-state index in [1.165, 1.54) is 12.6 Å². The Hall–Kier alpha value is -1.37. The molecule has 0 radical (unpaired) electrons. The molecule has 0 aliphatic heterocycles. The lowest BCUT2D eigenvalue weighted by Crippen LogP contribution is -2.80. The van der Waals surface area contributed by atoms with Gasteiger partial charge in [-0.25, -0.2) is 13.1 Å². The van der Waals surface area contributed by atoms with E-state index in [4.69, 9.17) is 0 Å². The lowest BCUT2D eigenvalue weighted by Gasteiger charge is -2.04. The Labute approximate surface area is 113 Å². The van der Waals surface area contributed by atoms with Crippen molar-refractivity contribution in [2.45, 2.75) is 12.2 Å². The molecule has 1 heterocycles. The number of quaternary nitrogens is 1. The summed E-state index contributed by atoms with van der Waals surface area (Å²) in [5.74, 6) is 0.0178. The first-order valence-electron chi connectivity index (χ1n) is 6.33. The Morgan fingerprint density at radius 1 is 1.37 bits per heavy atom. The first kappa shape index (κ1) is 14.0. The highest BCUT2D eigenvalue weighted by atomic mass is 32.2. The minimum Gasteiger partial charge on any atom is -0.361 e. The number of likely N-dealkylation sites (N-methyl/N-ethyl adjacent to an activating group) is 1. The van der Waals surface area contributed by atoms with Crippen molar-refractivity contribution in [1.82, 2.24) is 9.71 Å². The van der Waals surface area contributed by atoms with Crippen LogP contribution >= 0.6 is 0 Å². The Bertz CT molecular complexity index is 662. The number of fused-ring (bicyclic) bond motifs is 1. The van der Waals surface area contributed by atoms with Gasteiger partial charge in [-0.2, -0.15) is 0 Å². The Morgan fingerprint density at radius 2 is 2.16 bits per heavy atom. The number of hydrogen-bond donors (Lipinski definition) is 3. The van der Waals surface area contributed by atoms with Gasteiger partial charge in [0, 0.05) is 23.5 Å². The summed E-state index contributed by atoms with van der Waals surface area (Å²) in [5.41, 5.74) is 3.09. The van der Waals surface area contributed by atoms with E-state index in [2.05, 4.69) is 15.0 Å². The summed E-state index contributed by atoms with van der Waals surface area (Å²) in [5, 5.41) is 3.25. The number of rotatable bonds is 6. The molecule has 0 amide bonds. The summed E-state index contributed by atoms with van der Waals surface area (Å²) in [6, 6.07) is 5.75. The molecule has 1 aromatic heterocycles. The van der Waals surface area contributed by atoms with E-state index in [-0.39, 0.29) is 5.75 Å². The summed E-state index contributed by atoms with van der Waals surface area (Å²) in [4.78, 5) is 3.22. The number of sulfonamides is 1. The fraction of sp³-hybridized carbons (Fsp3) is 0.385. The van der Waals surface area contributed by atoms with Gasteiger partial charge in [-0.1, -0.05) is 6.07 Å². The third kappa shape index (κ3) is 3.34. The van der Waals surface area contributed by atoms with Crippen LogP contribution in [0.3, 0.4) is 0 Å². The highest BCUT2D eigenvalue weighted by molar-refractivity contribution is 7.88. The molecule has 0 unspecified atom stereocenters. The molecule has 2 aromatic rings. The van der Waals surface area contributed by atoms with Crippen molar-refractivity contribution in [2.75, 3.05) is 20.6 Å². The van der Waals surface area contributed by atoms with Crippen LogP contribution in [0.25, 0.3) is 10.9 Å². The maximum atomic E-state index is 11.6. The average Bonchev–Trinajstić information content (AvgIpc) is 2.78. The van der Waals surface area contributed by atoms with E-state index in [0.29, 0.717) is 0 Å². The van der Waals surface area contributed by atoms with Crippen LogP contribution in [-0.4, -0.2) is 34.0 Å². The zero-order chi connectivity index (χ0) is 13.9. The number of nitrogens with two attached hydrogens (primary N) is 1. The molecule has 0 aliphatic carbocycles. The van der Waals surface area contributed by atoms with Gasteiger partial charge in [-0.15, -0.1) is 0 Å². The number of benzene rings is 1. The monoisotopic (exact) mass is 282 g/mol. The molecule has 0 saturated carbocycles. The predicted octanol–water partition coefficient (Wildman–Crippen LogP) is -0.0472. The van der Waals surface area contributed by atoms with Crippen LogP contribution in [0.5, 0.6) is 0 Å². The second-order valence-corrected chi connectivity index (χ2v) is 6.53. The van der Waals surface area contributed by atoms with Gasteiger partial charge in [0.25, 0.3) is 0 Å². The normalized spacial score (nSPS) is 12.1. The maximum Gasteiger partial charge on any atom is 0.215 e. The third-order valence-corrected chi connectivity index (χ3v) is 4.54. The van der Waals surface area contributed by atoms with Gasteiger partial charge in [-0.3, -0.25) is 0 Å². The van der Waals surface area contributed by atoms with Gasteiger partial charge in [0.05, 0.1) is 19.3 Å². The second kappa shape index (κ2) is 5.73. The zero-order valence-corrected chi connectivity index (χ0v) is 12.0. The lowest BCUT2D eigenvalue weighted by atomic mass is 10.1. The van der Waals surface area contributed by atoms with Crippen molar-refractivity contribution in [1.29, 1.82) is 0 Å². The number of aromatic nitrogens is 1. The van der Waals surface area contributed by atoms with Gasteiger partial charge in [0.2, 0.25) is 10.0 Å². The summed E-state index contributed by atoms with van der Waals surface area (Å²) in [6.45, 7) is 1.02. The van der Waals surface area contributed by atoms with Crippen LogP contribution < -0.4 is 10.0 Å². The van der Waals surface area contributed by atoms with Crippen LogP contribution in [0.1, 0.15) is 11.1 Å². The molecular weight excluding hydrogens is 262 g/mol. The highest BCUT2D eigenvalue weighted by Gasteiger charge is 2.11. The zero-order valence-electron chi connectivity index (χ0n) is 11.2. The largest absolute Gasteiger partial charge is 0.361 e. The van der Waals surface area contributed by atoms with Gasteiger partial charge in [0.15, 0.2) is 0 Å². The molecule has 4 N–H and O–H groups in total. The Kier molecular flexibility index (Phi) is 4.24. The van der Waals surface area contributed by atoms with E-state index in [0.717, 1.165) is 29.4 Å². The minimum absolute atomic E-state index is 0.0178. The Morgan fingerprint density at radius 3 is 2.84 bits per heavy atom. The summed E-state index contributed by atoms with van der Waals surface area (Å²) >= 11 is 0. The maximum absolute atomic E-state index is 11.6. The molecule has 2 rings (SSSR count). The van der Waals surface area contributed by atoms with Gasteiger partial charge in [-0.05, 0) is 30.3 Å². The number of nitrogens with one attached hydrogen (secondary N) is 2. The summed E-state index contributed by atoms with van der Waals surface area (Å²) < 4.78 is 25.5. The lowest BCUT2D eigenvalue weighted by molar-refractivity contribution is -0.626. The van der Waals surface area contributed by atoms with Gasteiger partial charge < -0.3 is 10.3 Å². The van der Waals surface area contributed by atoms with E-state index in [9.17, 15) is 8.42 Å². The fourth-order valence-corrected chi connectivity index (χ4v) is 2.88. The SMILES string of the molecule is CNS(=O)(=O)Cc1ccc2[nH]cc(CC[NH2+]C)c2c1. The van der Waals surface area contributed by atoms with E-state index >= 15 is 0 Å². The van der Waals surface area contributed by atoms with Crippen LogP contribution in [0.4, 0.5) is 0 Å². The molecule has 5 nitrogen and oxygen atoms in total. The van der Waals surface area contributed by atoms with Gasteiger partial charge in [0.1, 0.15) is 0 Å². The van der Waals surface area contributed by atoms with Crippen molar-refractivity contribution in [3.05, 3.63) is 35.5 Å². The smallest absolute Gasteiger partial charge is 0.215 e. The van der Waals surface area contributed by atoms with Crippen molar-refractivity contribution in [2.24, 2.45) is 0 Å². The molecule has 0 saturated heterocycles. The molecule has 1 aromatic carbocycles. The number of H-pyrrole nitrogens is 1. The van der Waals surface area contributed by atoms with Crippen molar-refractivity contribution in [3.8, 4) is 0 Å². The third-order valence-electron chi connectivity index (χ3n) is 3.20. The molecule has 0 bridgehead atoms. The molecule has 0 fully saturated rings. The minimum atomic E-state index is -3.22. The highest BCUT2D eigenvalue weighted by Crippen LogP contribution is 2.21. The average molecular weight is 282 g/mol. The standard InChI is InChI=1S/C13H19N3O2S/c1-14-6-5-11-8-16-13-4-3-10(7-12(11)13)9-19(17,18)15-2/h3-4,7-8,14-16H,5-6,9H2,1-2H3/p+1. The second-order valence-electron chi connectivity index (χ2n) is 4.60. The quantitative estimate of drug-likeness (QED) is 0.695. The van der Waals surface area contributed by atoms with E-state index in [1.807, 2.05) is 31.4 Å². The van der Waals surface area contributed by atoms with Crippen LogP contribution in [0, 0.1) is 0 Å². The topological polar surface area (TPSA) is 78.6 Å². The van der Waals surface area contributed by atoms with E-state index < -0.39 is 10.0 Å². The molecule has 19 heavy (non-hydrogen) atoms. The fourth-order valence-electron chi connectivity index (χ4n) is 2.11. The molecule has 104 valence electrons. The summed E-state index contributed by atoms with van der Waals surface area (Å²) in [7, 11) is 0.258. The van der Waals surface area contributed by atoms with Crippen LogP contribution in [0.15, 0.2) is 24.4 Å². The van der Waals surface area contributed by atoms with Crippen molar-refractivity contribution in [3.63, 3.8) is 0 Å². The Balaban J connectivity index is 2.33. The number of aromatic amines is 1. The molecular formula is C13H20N3O2S+. The molecule has 0 atom stereocenters. The first-order valence-corrected chi connectivity index (χ1v) is 7.99. The van der Waals surface area contributed by atoms with Crippen molar-refractivity contribution >= 4 is 20.9 Å². The van der Waals surface area contributed by atoms with Crippen LogP contribution in [-0.2, 0) is 22.2 Å². The summed E-state index contributed by atoms with van der Waals surface area (Å²) in [6.07, 6.45) is 2.98.